The summed E-state index contributed by atoms with van der Waals surface area (Å²) in [6, 6.07) is 0. The van der Waals surface area contributed by atoms with Crippen LogP contribution in [0.4, 0.5) is 0 Å². The van der Waals surface area contributed by atoms with E-state index in [2.05, 4.69) is 10.6 Å². The largest absolute Gasteiger partial charge is 1.00 e. The third-order valence-corrected chi connectivity index (χ3v) is 6.62. The first-order chi connectivity index (χ1) is 14.4. The smallest absolute Gasteiger partial charge is 0.748 e. The van der Waals surface area contributed by atoms with E-state index in [1.807, 2.05) is 0 Å². The summed E-state index contributed by atoms with van der Waals surface area (Å²) in [6.07, 6.45) is 0.0314. The van der Waals surface area contributed by atoms with Crippen molar-refractivity contribution in [2.45, 2.75) is 23.9 Å². The summed E-state index contributed by atoms with van der Waals surface area (Å²) in [6.45, 7) is -2.34. The Morgan fingerprint density at radius 1 is 0.781 bits per heavy atom. The molecule has 14 nitrogen and oxygen atoms in total. The van der Waals surface area contributed by atoms with Crippen LogP contribution in [0.2, 0.25) is 0 Å². The van der Waals surface area contributed by atoms with E-state index in [1.54, 1.807) is 0 Å². The van der Waals surface area contributed by atoms with E-state index >= 15 is 0 Å². The Balaban J connectivity index is 0. The molecule has 0 aromatic rings. The number of nitrogens with one attached hydrogen (secondary N) is 2. The van der Waals surface area contributed by atoms with E-state index in [0.717, 1.165) is 0 Å². The summed E-state index contributed by atoms with van der Waals surface area (Å²) in [4.78, 5) is 0. The Morgan fingerprint density at radius 2 is 1.16 bits per heavy atom. The molecule has 0 saturated carbocycles. The molecule has 0 aromatic heterocycles. The number of hydrogen-bond donors (Lipinski definition) is 7. The van der Waals surface area contributed by atoms with Gasteiger partial charge >= 0.3 is 39.6 Å². The monoisotopic (exact) mass is 536 g/mol. The summed E-state index contributed by atoms with van der Waals surface area (Å²) >= 11 is 0. The van der Waals surface area contributed by atoms with E-state index in [4.69, 9.17) is 13.4 Å². The molecule has 32 heavy (non-hydrogen) atoms. The van der Waals surface area contributed by atoms with E-state index in [1.165, 1.54) is 0 Å². The van der Waals surface area contributed by atoms with Gasteiger partial charge in [0.05, 0.1) is 66.6 Å². The molecule has 0 radical (unpaired) electrons. The van der Waals surface area contributed by atoms with E-state index in [9.17, 15) is 41.8 Å². The Kier molecular flexibility index (Phi) is 18.7. The number of aliphatic hydroxyl groups is 4. The Hall–Kier alpha value is 0.717. The summed E-state index contributed by atoms with van der Waals surface area (Å²) in [5.41, 5.74) is -2.54. The maximum atomic E-state index is 10.7. The van der Waals surface area contributed by atoms with Gasteiger partial charge < -0.3 is 44.5 Å². The van der Waals surface area contributed by atoms with Crippen LogP contribution in [0.15, 0.2) is 0 Å². The van der Waals surface area contributed by atoms with Gasteiger partial charge in [0.25, 0.3) is 10.1 Å². The van der Waals surface area contributed by atoms with Gasteiger partial charge in [0.1, 0.15) is 0 Å². The topological polar surface area (TPSA) is 235 Å². The minimum Gasteiger partial charge on any atom is -0.748 e. The van der Waals surface area contributed by atoms with Crippen LogP contribution in [0.5, 0.6) is 0 Å². The molecule has 0 aliphatic heterocycles. The standard InChI is InChI=1S/C14H34N2O12S2Si.Na/c17-7-13(8-18,15-3-1-5-29(21,22)23)11-27-31-28-12-14(9-19,10-20)16-4-2-6-30(24,25)26;/h15-20H,1-12,31H2,(H,21,22,23)(H,24,25,26);/q;+1/p-1. The number of hydrogen-bond acceptors (Lipinski definition) is 13. The number of aliphatic hydroxyl groups excluding tert-OH is 4. The molecule has 0 aromatic carbocycles. The summed E-state index contributed by atoms with van der Waals surface area (Å²) < 4.78 is 72.7. The fraction of sp³-hybridized carbons (Fsp3) is 1.00. The average molecular weight is 537 g/mol. The molecule has 18 heteroatoms. The molecule has 0 aliphatic rings. The molecule has 0 atom stereocenters. The average Bonchev–Trinajstić information content (AvgIpc) is 2.70. The minimum atomic E-state index is -4.36. The fourth-order valence-corrected chi connectivity index (χ4v) is 4.42. The van der Waals surface area contributed by atoms with Crippen molar-refractivity contribution in [3.63, 3.8) is 0 Å². The number of rotatable bonds is 20. The van der Waals surface area contributed by atoms with E-state index in [-0.39, 0.29) is 68.7 Å². The minimum absolute atomic E-state index is 0. The van der Waals surface area contributed by atoms with Gasteiger partial charge in [-0.3, -0.25) is 4.55 Å². The zero-order valence-corrected chi connectivity index (χ0v) is 23.1. The van der Waals surface area contributed by atoms with Gasteiger partial charge in [0.2, 0.25) is 0 Å². The molecular formula is C14H33N2NaO12S2Si. The van der Waals surface area contributed by atoms with Gasteiger partial charge in [0, 0.05) is 5.75 Å². The fourth-order valence-electron chi connectivity index (χ4n) is 2.35. The van der Waals surface area contributed by atoms with Gasteiger partial charge in [-0.05, 0) is 25.9 Å². The third kappa shape index (κ3) is 16.4. The molecule has 0 rings (SSSR count). The van der Waals surface area contributed by atoms with Crippen LogP contribution < -0.4 is 40.2 Å². The third-order valence-electron chi connectivity index (χ3n) is 4.28. The maximum Gasteiger partial charge on any atom is 1.00 e. The maximum absolute atomic E-state index is 10.7. The molecular weight excluding hydrogens is 503 g/mol. The van der Waals surface area contributed by atoms with E-state index in [0.29, 0.717) is 0 Å². The first-order valence-electron chi connectivity index (χ1n) is 9.34. The van der Waals surface area contributed by atoms with Gasteiger partial charge in [-0.1, -0.05) is 0 Å². The molecule has 7 N–H and O–H groups in total. The quantitative estimate of drug-likeness (QED) is 0.0435. The second kappa shape index (κ2) is 17.2. The molecule has 0 amide bonds. The molecule has 0 unspecified atom stereocenters. The van der Waals surface area contributed by atoms with Crippen molar-refractivity contribution in [2.24, 2.45) is 0 Å². The second-order valence-corrected chi connectivity index (χ2v) is 11.3. The Morgan fingerprint density at radius 3 is 1.47 bits per heavy atom. The molecule has 188 valence electrons. The first-order valence-corrected chi connectivity index (χ1v) is 13.7. The van der Waals surface area contributed by atoms with Crippen LogP contribution in [0, 0.1) is 0 Å². The van der Waals surface area contributed by atoms with E-state index < -0.39 is 79.3 Å². The van der Waals surface area contributed by atoms with Crippen LogP contribution in [0.3, 0.4) is 0 Å². The van der Waals surface area contributed by atoms with Crippen molar-refractivity contribution in [3.05, 3.63) is 0 Å². The molecule has 0 heterocycles. The van der Waals surface area contributed by atoms with Gasteiger partial charge in [0.15, 0.2) is 0 Å². The normalized spacial score (nSPS) is 13.6. The van der Waals surface area contributed by atoms with Crippen LogP contribution in [-0.2, 0) is 29.1 Å². The van der Waals surface area contributed by atoms with Gasteiger partial charge in [-0.25, -0.2) is 8.42 Å². The van der Waals surface area contributed by atoms with Crippen LogP contribution >= 0.6 is 0 Å². The predicted octanol–water partition coefficient (Wildman–Crippen LogP) is -8.14. The van der Waals surface area contributed by atoms with Crippen LogP contribution in [0.25, 0.3) is 0 Å². The van der Waals surface area contributed by atoms with Crippen molar-refractivity contribution in [2.75, 3.05) is 64.2 Å². The van der Waals surface area contributed by atoms with Crippen molar-refractivity contribution in [1.29, 1.82) is 0 Å². The Labute approximate surface area is 212 Å². The van der Waals surface area contributed by atoms with Crippen molar-refractivity contribution >= 4 is 30.2 Å². The van der Waals surface area contributed by atoms with Crippen molar-refractivity contribution in [3.8, 4) is 0 Å². The summed E-state index contributed by atoms with van der Waals surface area (Å²) in [5.74, 6) is -1.07. The van der Waals surface area contributed by atoms with Crippen LogP contribution in [0.1, 0.15) is 12.8 Å². The molecule has 0 bridgehead atoms. The van der Waals surface area contributed by atoms with Gasteiger partial charge in [-0.15, -0.1) is 0 Å². The Bertz CT molecular complexity index is 632. The first kappa shape index (κ1) is 34.9. The second-order valence-electron chi connectivity index (χ2n) is 7.12. The van der Waals surface area contributed by atoms with Crippen molar-refractivity contribution in [1.82, 2.24) is 10.6 Å². The molecule has 0 spiro atoms. The molecule has 0 saturated heterocycles. The molecule has 0 aliphatic carbocycles. The van der Waals surface area contributed by atoms with Gasteiger partial charge in [-0.2, -0.15) is 8.42 Å². The predicted molar refractivity (Wildman–Crippen MR) is 110 cm³/mol. The zero-order chi connectivity index (χ0) is 24.0. The van der Waals surface area contributed by atoms with Crippen LogP contribution in [-0.4, -0.2) is 132 Å². The summed E-state index contributed by atoms with van der Waals surface area (Å²) in [5, 5.41) is 43.7. The SMILES string of the molecule is O=S(=O)([O-])CCCNC(CO)(CO)CO[SiH2]OCC(CO)(CO)NCCCS(=O)(=O)O.[Na+]. The van der Waals surface area contributed by atoms with Crippen molar-refractivity contribution < 1.29 is 84.8 Å². The zero-order valence-electron chi connectivity index (χ0n) is 18.1. The summed E-state index contributed by atoms with van der Waals surface area (Å²) in [7, 11) is -10.2. The molecule has 0 fully saturated rings.